The van der Waals surface area contributed by atoms with Gasteiger partial charge < -0.3 is 89.9 Å². The number of nitrogens with one attached hydrogen (secondary N) is 1. The largest absolute Gasteiger partial charge is 0.394 e. The van der Waals surface area contributed by atoms with Crippen molar-refractivity contribution in [1.82, 2.24) is 5.32 Å². The molecule has 17 atom stereocenters. The van der Waals surface area contributed by atoms with Crippen molar-refractivity contribution in [2.24, 2.45) is 0 Å². The van der Waals surface area contributed by atoms with Crippen molar-refractivity contribution in [1.29, 1.82) is 0 Å². The number of rotatable bonds is 76. The maximum absolute atomic E-state index is 13.5. The minimum Gasteiger partial charge on any atom is -0.394 e. The van der Waals surface area contributed by atoms with Crippen LogP contribution in [0.2, 0.25) is 0 Å². The Kier molecular flexibility index (Phi) is 66.1. The SMILES string of the molecule is CCCCCCCCCC/C=C\CCCCCCCCCCCCCCCCCCCCCCCCCCCC(=O)NC(COC1OC(CO)C(OC2OC(CO)C(OC3OC(CO)C(O)C(O)C3O)C(O)C2O)C(O)C1O)C(O)/C=C/CC/C=C/CCCCCCCCCCCCCCCCCCCCCCCC. The van der Waals surface area contributed by atoms with Gasteiger partial charge in [-0.3, -0.25) is 4.79 Å². The van der Waals surface area contributed by atoms with Gasteiger partial charge >= 0.3 is 0 Å². The Morgan fingerprint density at radius 2 is 0.582 bits per heavy atom. The molecule has 3 saturated heterocycles. The first-order valence-corrected chi connectivity index (χ1v) is 46.2. The monoisotopic (exact) mass is 1570 g/mol. The highest BCUT2D eigenvalue weighted by Gasteiger charge is 2.54. The minimum atomic E-state index is -1.98. The second-order valence-electron chi connectivity index (χ2n) is 33.1. The highest BCUT2D eigenvalue weighted by molar-refractivity contribution is 5.76. The molecule has 0 aliphatic carbocycles. The average Bonchev–Trinajstić information content (AvgIpc) is 0.784. The Hall–Kier alpha value is -1.99. The third kappa shape index (κ3) is 49.3. The van der Waals surface area contributed by atoms with Crippen LogP contribution >= 0.6 is 0 Å². The van der Waals surface area contributed by atoms with E-state index in [-0.39, 0.29) is 18.9 Å². The predicted octanol–water partition coefficient (Wildman–Crippen LogP) is 17.8. The van der Waals surface area contributed by atoms with E-state index in [1.165, 1.54) is 334 Å². The molecule has 0 aromatic heterocycles. The zero-order valence-corrected chi connectivity index (χ0v) is 70.0. The highest BCUT2D eigenvalue weighted by atomic mass is 16.8. The van der Waals surface area contributed by atoms with Crippen molar-refractivity contribution < 1.29 is 89.4 Å². The van der Waals surface area contributed by atoms with Gasteiger partial charge in [0.05, 0.1) is 38.6 Å². The Balaban J connectivity index is 1.32. The van der Waals surface area contributed by atoms with Crippen LogP contribution in [0.3, 0.4) is 0 Å². The van der Waals surface area contributed by atoms with Gasteiger partial charge in [0.2, 0.25) is 5.91 Å². The maximum atomic E-state index is 13.5. The summed E-state index contributed by atoms with van der Waals surface area (Å²) in [6.45, 7) is 1.79. The van der Waals surface area contributed by atoms with Gasteiger partial charge in [-0.15, -0.1) is 0 Å². The first kappa shape index (κ1) is 102. The zero-order valence-electron chi connectivity index (χ0n) is 70.0. The number of ether oxygens (including phenoxy) is 6. The standard InChI is InChI=1S/C91H171NO18/c1-3-5-7-9-11-13-15-17-19-21-23-25-27-29-31-33-34-35-36-37-38-39-40-41-43-45-47-49-51-53-55-57-59-61-63-65-67-69-79(97)92-74(75(96)68-66-64-62-60-58-56-54-52-50-48-46-44-42-32-30-28-26-24-22-20-18-16-14-12-10-8-6-4-2)73-105-89-85(103)82(100)87(77(71-94)107-89)110-91-86(104)83(101)88(78(72-95)108-91)109-90-84(102)81(99)80(98)76(70-93)106-90/h21,23,58,60,66,68,74-78,80-91,93-96,98-104H,3-20,22,24-57,59,61-65,67,69-73H2,1-2H3,(H,92,97)/b23-21-,60-58+,68-66+. The molecule has 3 aliphatic heterocycles. The van der Waals surface area contributed by atoms with Crippen LogP contribution in [0.1, 0.15) is 406 Å². The molecule has 3 heterocycles. The molecule has 0 spiro atoms. The number of hydrogen-bond acceptors (Lipinski definition) is 18. The Bertz CT molecular complexity index is 2120. The second-order valence-corrected chi connectivity index (χ2v) is 33.1. The van der Waals surface area contributed by atoms with E-state index in [2.05, 4.69) is 43.5 Å². The van der Waals surface area contributed by atoms with Gasteiger partial charge in [-0.25, -0.2) is 0 Å². The van der Waals surface area contributed by atoms with Crippen molar-refractivity contribution in [3.05, 3.63) is 36.5 Å². The summed E-state index contributed by atoms with van der Waals surface area (Å²) in [5, 5.41) is 121. The summed E-state index contributed by atoms with van der Waals surface area (Å²) in [6.07, 6.45) is 64.6. The number of carbonyl (C=O) groups excluding carboxylic acids is 1. The molecule has 3 rings (SSSR count). The molecule has 0 aromatic rings. The highest BCUT2D eigenvalue weighted by Crippen LogP contribution is 2.34. The van der Waals surface area contributed by atoms with E-state index in [0.717, 1.165) is 38.5 Å². The molecule has 648 valence electrons. The second kappa shape index (κ2) is 71.1. The Morgan fingerprint density at radius 3 is 0.909 bits per heavy atom. The van der Waals surface area contributed by atoms with Crippen LogP contribution < -0.4 is 5.32 Å². The fraction of sp³-hybridized carbons (Fsp3) is 0.923. The van der Waals surface area contributed by atoms with Crippen LogP contribution in [0.25, 0.3) is 0 Å². The van der Waals surface area contributed by atoms with Crippen LogP contribution in [-0.4, -0.2) is 193 Å². The van der Waals surface area contributed by atoms with E-state index >= 15 is 0 Å². The summed E-state index contributed by atoms with van der Waals surface area (Å²) in [4.78, 5) is 13.5. The van der Waals surface area contributed by atoms with E-state index < -0.39 is 124 Å². The summed E-state index contributed by atoms with van der Waals surface area (Å²) < 4.78 is 34.5. The lowest BCUT2D eigenvalue weighted by Crippen LogP contribution is -2.66. The molecule has 0 radical (unpaired) electrons. The fourth-order valence-corrected chi connectivity index (χ4v) is 15.8. The van der Waals surface area contributed by atoms with E-state index in [1.54, 1.807) is 6.08 Å². The number of hydrogen-bond donors (Lipinski definition) is 12. The molecule has 12 N–H and O–H groups in total. The van der Waals surface area contributed by atoms with Gasteiger partial charge in [0.1, 0.15) is 73.2 Å². The molecule has 19 nitrogen and oxygen atoms in total. The number of allylic oxidation sites excluding steroid dienone is 5. The number of aliphatic hydroxyl groups is 11. The van der Waals surface area contributed by atoms with Gasteiger partial charge in [-0.05, 0) is 57.8 Å². The maximum Gasteiger partial charge on any atom is 0.220 e. The number of carbonyl (C=O) groups is 1. The third-order valence-electron chi connectivity index (χ3n) is 23.2. The minimum absolute atomic E-state index is 0.240. The number of unbranched alkanes of at least 4 members (excludes halogenated alkanes) is 56. The van der Waals surface area contributed by atoms with Crippen LogP contribution in [0.4, 0.5) is 0 Å². The van der Waals surface area contributed by atoms with Crippen LogP contribution in [0.5, 0.6) is 0 Å². The molecule has 3 fully saturated rings. The Morgan fingerprint density at radius 1 is 0.318 bits per heavy atom. The van der Waals surface area contributed by atoms with Crippen molar-refractivity contribution in [3.63, 3.8) is 0 Å². The zero-order chi connectivity index (χ0) is 79.5. The summed E-state index contributed by atoms with van der Waals surface area (Å²) in [5.74, 6) is -0.276. The average molecular weight is 1570 g/mol. The summed E-state index contributed by atoms with van der Waals surface area (Å²) in [5.41, 5.74) is 0. The number of amides is 1. The topological polar surface area (TPSA) is 307 Å². The van der Waals surface area contributed by atoms with E-state index in [0.29, 0.717) is 12.8 Å². The normalized spacial score (nSPS) is 25.3. The number of aliphatic hydroxyl groups excluding tert-OH is 11. The van der Waals surface area contributed by atoms with Crippen LogP contribution in [0.15, 0.2) is 36.5 Å². The van der Waals surface area contributed by atoms with Crippen molar-refractivity contribution in [2.45, 2.75) is 510 Å². The molecule has 0 saturated carbocycles. The molecule has 0 bridgehead atoms. The third-order valence-corrected chi connectivity index (χ3v) is 23.2. The van der Waals surface area contributed by atoms with Crippen molar-refractivity contribution in [2.75, 3.05) is 26.4 Å². The Labute approximate surface area is 670 Å². The van der Waals surface area contributed by atoms with Crippen molar-refractivity contribution >= 4 is 5.91 Å². The summed E-state index contributed by atoms with van der Waals surface area (Å²) in [6, 6.07) is -0.990. The van der Waals surface area contributed by atoms with Gasteiger partial charge in [-0.2, -0.15) is 0 Å². The van der Waals surface area contributed by atoms with Crippen molar-refractivity contribution in [3.8, 4) is 0 Å². The lowest BCUT2D eigenvalue weighted by Gasteiger charge is -2.48. The predicted molar refractivity (Wildman–Crippen MR) is 443 cm³/mol. The molecule has 17 unspecified atom stereocenters. The molecular weight excluding hydrogens is 1390 g/mol. The molecule has 1 amide bonds. The molecule has 0 aromatic carbocycles. The van der Waals surface area contributed by atoms with Gasteiger partial charge in [-0.1, -0.05) is 378 Å². The lowest BCUT2D eigenvalue weighted by molar-refractivity contribution is -0.379. The van der Waals surface area contributed by atoms with E-state index in [4.69, 9.17) is 28.4 Å². The van der Waals surface area contributed by atoms with E-state index in [1.807, 2.05) is 6.08 Å². The van der Waals surface area contributed by atoms with Gasteiger partial charge in [0.15, 0.2) is 18.9 Å². The quantitative estimate of drug-likeness (QED) is 0.0199. The fourth-order valence-electron chi connectivity index (χ4n) is 15.8. The first-order valence-electron chi connectivity index (χ1n) is 46.2. The molecule has 3 aliphatic rings. The molecule has 19 heteroatoms. The smallest absolute Gasteiger partial charge is 0.220 e. The summed E-state index contributed by atoms with van der Waals surface area (Å²) >= 11 is 0. The van der Waals surface area contributed by atoms with Crippen LogP contribution in [0, 0.1) is 0 Å². The van der Waals surface area contributed by atoms with E-state index in [9.17, 15) is 61.0 Å². The van der Waals surface area contributed by atoms with Crippen LogP contribution in [-0.2, 0) is 33.2 Å². The first-order chi connectivity index (χ1) is 53.8. The van der Waals surface area contributed by atoms with Gasteiger partial charge in [0, 0.05) is 6.42 Å². The summed E-state index contributed by atoms with van der Waals surface area (Å²) in [7, 11) is 0. The molecular formula is C91H171NO18. The van der Waals surface area contributed by atoms with Gasteiger partial charge in [0.25, 0.3) is 0 Å². The molecule has 110 heavy (non-hydrogen) atoms. The lowest BCUT2D eigenvalue weighted by atomic mass is 9.96.